The Hall–Kier alpha value is -0.820. The first-order valence-electron chi connectivity index (χ1n) is 6.30. The second-order valence-corrected chi connectivity index (χ2v) is 6.17. The van der Waals surface area contributed by atoms with Crippen molar-refractivity contribution in [3.8, 4) is 0 Å². The van der Waals surface area contributed by atoms with Gasteiger partial charge in [0.05, 0.1) is 0 Å². The van der Waals surface area contributed by atoms with Crippen LogP contribution in [-0.2, 0) is 5.41 Å². The highest BCUT2D eigenvalue weighted by atomic mass is 14.9. The molecule has 1 aromatic carbocycles. The third-order valence-electron chi connectivity index (χ3n) is 3.53. The Balaban J connectivity index is 2.14. The molecular formula is C15H23N. The molecule has 0 radical (unpaired) electrons. The van der Waals surface area contributed by atoms with Gasteiger partial charge in [-0.3, -0.25) is 0 Å². The van der Waals surface area contributed by atoms with E-state index in [0.29, 0.717) is 6.04 Å². The Kier molecular flexibility index (Phi) is 3.07. The molecule has 0 aliphatic carbocycles. The molecule has 1 aromatic rings. The summed E-state index contributed by atoms with van der Waals surface area (Å²) in [6, 6.07) is 9.70. The van der Waals surface area contributed by atoms with Gasteiger partial charge in [-0.05, 0) is 35.4 Å². The van der Waals surface area contributed by atoms with E-state index in [2.05, 4.69) is 57.3 Å². The summed E-state index contributed by atoms with van der Waals surface area (Å²) in [5, 5.41) is 3.58. The molecule has 1 aliphatic rings. The quantitative estimate of drug-likeness (QED) is 0.757. The predicted octanol–water partition coefficient (Wildman–Crippen LogP) is 3.65. The Morgan fingerprint density at radius 1 is 1.12 bits per heavy atom. The van der Waals surface area contributed by atoms with Crippen molar-refractivity contribution >= 4 is 0 Å². The zero-order valence-corrected chi connectivity index (χ0v) is 10.9. The van der Waals surface area contributed by atoms with Crippen LogP contribution in [0.5, 0.6) is 0 Å². The van der Waals surface area contributed by atoms with Gasteiger partial charge in [-0.25, -0.2) is 0 Å². The number of nitrogens with one attached hydrogen (secondary N) is 1. The van der Waals surface area contributed by atoms with E-state index in [0.717, 1.165) is 12.5 Å². The SMILES string of the molecule is CC1CNC(c2ccc(C(C)(C)C)cc2)C1. The fourth-order valence-corrected chi connectivity index (χ4v) is 2.38. The van der Waals surface area contributed by atoms with Gasteiger partial charge in [-0.15, -0.1) is 0 Å². The summed E-state index contributed by atoms with van der Waals surface area (Å²) in [6.07, 6.45) is 1.27. The second kappa shape index (κ2) is 4.21. The molecule has 0 saturated carbocycles. The van der Waals surface area contributed by atoms with Crippen molar-refractivity contribution in [2.75, 3.05) is 6.54 Å². The Bertz CT molecular complexity index is 345. The Morgan fingerprint density at radius 3 is 2.19 bits per heavy atom. The fourth-order valence-electron chi connectivity index (χ4n) is 2.38. The molecule has 0 aromatic heterocycles. The zero-order chi connectivity index (χ0) is 11.8. The zero-order valence-electron chi connectivity index (χ0n) is 10.9. The molecule has 1 aliphatic heterocycles. The average Bonchev–Trinajstić information content (AvgIpc) is 2.64. The molecule has 2 rings (SSSR count). The van der Waals surface area contributed by atoms with Crippen molar-refractivity contribution in [2.24, 2.45) is 5.92 Å². The maximum Gasteiger partial charge on any atom is 0.0323 e. The van der Waals surface area contributed by atoms with Crippen LogP contribution in [0.3, 0.4) is 0 Å². The number of benzene rings is 1. The first-order chi connectivity index (χ1) is 7.47. The van der Waals surface area contributed by atoms with Gasteiger partial charge in [0, 0.05) is 6.04 Å². The molecule has 1 N–H and O–H groups in total. The van der Waals surface area contributed by atoms with Gasteiger partial charge >= 0.3 is 0 Å². The minimum Gasteiger partial charge on any atom is -0.310 e. The first-order valence-corrected chi connectivity index (χ1v) is 6.30. The Labute approximate surface area is 99.3 Å². The van der Waals surface area contributed by atoms with Gasteiger partial charge in [-0.2, -0.15) is 0 Å². The van der Waals surface area contributed by atoms with E-state index in [1.54, 1.807) is 0 Å². The van der Waals surface area contributed by atoms with E-state index in [1.807, 2.05) is 0 Å². The van der Waals surface area contributed by atoms with Crippen molar-refractivity contribution in [3.63, 3.8) is 0 Å². The summed E-state index contributed by atoms with van der Waals surface area (Å²) in [4.78, 5) is 0. The van der Waals surface area contributed by atoms with Crippen LogP contribution in [0.1, 0.15) is 51.3 Å². The minimum atomic E-state index is 0.259. The molecule has 1 saturated heterocycles. The lowest BCUT2D eigenvalue weighted by molar-refractivity contribution is 0.586. The van der Waals surface area contributed by atoms with Crippen LogP contribution in [0.4, 0.5) is 0 Å². The monoisotopic (exact) mass is 217 g/mol. The van der Waals surface area contributed by atoms with Gasteiger partial charge < -0.3 is 5.32 Å². The van der Waals surface area contributed by atoms with E-state index in [1.165, 1.54) is 17.5 Å². The van der Waals surface area contributed by atoms with E-state index in [9.17, 15) is 0 Å². The highest BCUT2D eigenvalue weighted by Gasteiger charge is 2.22. The largest absolute Gasteiger partial charge is 0.310 e. The molecule has 16 heavy (non-hydrogen) atoms. The molecule has 88 valence electrons. The molecule has 0 bridgehead atoms. The number of hydrogen-bond donors (Lipinski definition) is 1. The van der Waals surface area contributed by atoms with Crippen molar-refractivity contribution in [1.82, 2.24) is 5.32 Å². The smallest absolute Gasteiger partial charge is 0.0323 e. The van der Waals surface area contributed by atoms with Crippen LogP contribution in [-0.4, -0.2) is 6.54 Å². The van der Waals surface area contributed by atoms with Gasteiger partial charge in [0.25, 0.3) is 0 Å². The number of hydrogen-bond acceptors (Lipinski definition) is 1. The lowest BCUT2D eigenvalue weighted by Crippen LogP contribution is -2.14. The minimum absolute atomic E-state index is 0.259. The highest BCUT2D eigenvalue weighted by Crippen LogP contribution is 2.29. The molecule has 1 heteroatoms. The van der Waals surface area contributed by atoms with Crippen LogP contribution in [0.2, 0.25) is 0 Å². The van der Waals surface area contributed by atoms with Gasteiger partial charge in [0.1, 0.15) is 0 Å². The van der Waals surface area contributed by atoms with Crippen LogP contribution in [0.15, 0.2) is 24.3 Å². The average molecular weight is 217 g/mol. The van der Waals surface area contributed by atoms with E-state index in [4.69, 9.17) is 0 Å². The van der Waals surface area contributed by atoms with Crippen LogP contribution < -0.4 is 5.32 Å². The number of rotatable bonds is 1. The molecule has 1 heterocycles. The van der Waals surface area contributed by atoms with E-state index >= 15 is 0 Å². The molecule has 0 amide bonds. The van der Waals surface area contributed by atoms with E-state index in [-0.39, 0.29) is 5.41 Å². The summed E-state index contributed by atoms with van der Waals surface area (Å²) in [7, 11) is 0. The van der Waals surface area contributed by atoms with Crippen molar-refractivity contribution in [3.05, 3.63) is 35.4 Å². The summed E-state index contributed by atoms with van der Waals surface area (Å²) >= 11 is 0. The summed E-state index contributed by atoms with van der Waals surface area (Å²) in [6.45, 7) is 10.3. The highest BCUT2D eigenvalue weighted by molar-refractivity contribution is 5.29. The van der Waals surface area contributed by atoms with Gasteiger partial charge in [0.15, 0.2) is 0 Å². The first kappa shape index (κ1) is 11.7. The van der Waals surface area contributed by atoms with E-state index < -0.39 is 0 Å². The van der Waals surface area contributed by atoms with Crippen molar-refractivity contribution in [1.29, 1.82) is 0 Å². The molecule has 1 nitrogen and oxygen atoms in total. The summed E-state index contributed by atoms with van der Waals surface area (Å²) in [5.74, 6) is 0.812. The molecule has 0 spiro atoms. The maximum atomic E-state index is 3.58. The maximum absolute atomic E-state index is 3.58. The lowest BCUT2D eigenvalue weighted by atomic mass is 9.86. The lowest BCUT2D eigenvalue weighted by Gasteiger charge is -2.20. The van der Waals surface area contributed by atoms with Crippen LogP contribution in [0.25, 0.3) is 0 Å². The Morgan fingerprint density at radius 2 is 1.75 bits per heavy atom. The summed E-state index contributed by atoms with van der Waals surface area (Å²) < 4.78 is 0. The molecule has 1 fully saturated rings. The van der Waals surface area contributed by atoms with Crippen LogP contribution in [0, 0.1) is 5.92 Å². The van der Waals surface area contributed by atoms with Gasteiger partial charge in [0.2, 0.25) is 0 Å². The molecule has 2 unspecified atom stereocenters. The molecule has 2 atom stereocenters. The normalized spacial score (nSPS) is 26.0. The fraction of sp³-hybridized carbons (Fsp3) is 0.600. The van der Waals surface area contributed by atoms with Crippen LogP contribution >= 0.6 is 0 Å². The van der Waals surface area contributed by atoms with Gasteiger partial charge in [-0.1, -0.05) is 52.0 Å². The second-order valence-electron chi connectivity index (χ2n) is 6.17. The third kappa shape index (κ3) is 2.46. The summed E-state index contributed by atoms with van der Waals surface area (Å²) in [5.41, 5.74) is 3.12. The topological polar surface area (TPSA) is 12.0 Å². The third-order valence-corrected chi connectivity index (χ3v) is 3.53. The standard InChI is InChI=1S/C15H23N/c1-11-9-14(16-10-11)12-5-7-13(8-6-12)15(2,3)4/h5-8,11,14,16H,9-10H2,1-4H3. The predicted molar refractivity (Wildman–Crippen MR) is 69.7 cm³/mol. The molecular weight excluding hydrogens is 194 g/mol. The van der Waals surface area contributed by atoms with Crippen molar-refractivity contribution in [2.45, 2.75) is 45.6 Å². The van der Waals surface area contributed by atoms with Crippen molar-refractivity contribution < 1.29 is 0 Å².